The molecule has 2 aliphatic rings. The van der Waals surface area contributed by atoms with Gasteiger partial charge in [0.2, 0.25) is 5.78 Å². The molecule has 2 aliphatic carbocycles. The third-order valence-electron chi connectivity index (χ3n) is 3.26. The minimum absolute atomic E-state index is 0.0677. The van der Waals surface area contributed by atoms with Crippen molar-refractivity contribution in [2.75, 3.05) is 0 Å². The van der Waals surface area contributed by atoms with Gasteiger partial charge in [-0.05, 0) is 25.2 Å². The van der Waals surface area contributed by atoms with Crippen LogP contribution in [-0.2, 0) is 9.59 Å². The number of carbonyl (C=O) groups is 2. The Morgan fingerprint density at radius 1 is 1.00 bits per heavy atom. The molecule has 66 valence electrons. The average molecular weight is 166 g/mol. The van der Waals surface area contributed by atoms with Gasteiger partial charge in [0.1, 0.15) is 0 Å². The van der Waals surface area contributed by atoms with Gasteiger partial charge >= 0.3 is 0 Å². The van der Waals surface area contributed by atoms with Crippen molar-refractivity contribution in [1.29, 1.82) is 0 Å². The maximum absolute atomic E-state index is 11.3. The van der Waals surface area contributed by atoms with Gasteiger partial charge in [0, 0.05) is 12.3 Å². The molecule has 0 aliphatic heterocycles. The smallest absolute Gasteiger partial charge is 0.201 e. The summed E-state index contributed by atoms with van der Waals surface area (Å²) in [6, 6.07) is 0. The first-order valence-electron chi connectivity index (χ1n) is 4.86. The summed E-state index contributed by atoms with van der Waals surface area (Å²) >= 11 is 0. The number of ketones is 2. The zero-order valence-electron chi connectivity index (χ0n) is 7.21. The van der Waals surface area contributed by atoms with Crippen LogP contribution >= 0.6 is 0 Å². The normalized spacial score (nSPS) is 31.8. The molecule has 0 bridgehead atoms. The van der Waals surface area contributed by atoms with Crippen LogP contribution in [-0.4, -0.2) is 11.6 Å². The first-order chi connectivity index (χ1) is 5.79. The maximum Gasteiger partial charge on any atom is 0.201 e. The van der Waals surface area contributed by atoms with Gasteiger partial charge in [-0.3, -0.25) is 9.59 Å². The fourth-order valence-electron chi connectivity index (χ4n) is 2.56. The number of Topliss-reactive ketones (excluding diaryl/α,β-unsaturated/α-hetero) is 2. The molecule has 2 heteroatoms. The SMILES string of the molecule is O=C1CCC(C2CCCC2)C1=O. The Morgan fingerprint density at radius 3 is 2.17 bits per heavy atom. The molecular formula is C10H14O2. The van der Waals surface area contributed by atoms with Gasteiger partial charge in [-0.1, -0.05) is 12.8 Å². The van der Waals surface area contributed by atoms with Crippen LogP contribution in [0.3, 0.4) is 0 Å². The summed E-state index contributed by atoms with van der Waals surface area (Å²) in [4.78, 5) is 22.3. The Morgan fingerprint density at radius 2 is 1.67 bits per heavy atom. The van der Waals surface area contributed by atoms with Crippen molar-refractivity contribution in [2.24, 2.45) is 11.8 Å². The van der Waals surface area contributed by atoms with E-state index in [-0.39, 0.29) is 17.5 Å². The fraction of sp³-hybridized carbons (Fsp3) is 0.800. The molecule has 0 spiro atoms. The zero-order chi connectivity index (χ0) is 8.55. The number of rotatable bonds is 1. The number of carbonyl (C=O) groups excluding carboxylic acids is 2. The van der Waals surface area contributed by atoms with Crippen LogP contribution in [0.5, 0.6) is 0 Å². The van der Waals surface area contributed by atoms with E-state index in [2.05, 4.69) is 0 Å². The van der Waals surface area contributed by atoms with E-state index in [1.165, 1.54) is 25.7 Å². The highest BCUT2D eigenvalue weighted by molar-refractivity contribution is 6.39. The second-order valence-corrected chi connectivity index (χ2v) is 3.98. The predicted octanol–water partition coefficient (Wildman–Crippen LogP) is 1.72. The quantitative estimate of drug-likeness (QED) is 0.556. The Bertz CT molecular complexity index is 214. The molecule has 1 unspecified atom stereocenters. The van der Waals surface area contributed by atoms with Crippen LogP contribution in [0.15, 0.2) is 0 Å². The highest BCUT2D eigenvalue weighted by Gasteiger charge is 2.38. The highest BCUT2D eigenvalue weighted by atomic mass is 16.2. The Kier molecular flexibility index (Phi) is 1.99. The van der Waals surface area contributed by atoms with Gasteiger partial charge in [-0.15, -0.1) is 0 Å². The van der Waals surface area contributed by atoms with Crippen LogP contribution in [0.4, 0.5) is 0 Å². The summed E-state index contributed by atoms with van der Waals surface area (Å²) in [7, 11) is 0. The van der Waals surface area contributed by atoms with Gasteiger partial charge < -0.3 is 0 Å². The van der Waals surface area contributed by atoms with Crippen LogP contribution in [0.2, 0.25) is 0 Å². The maximum atomic E-state index is 11.3. The van der Waals surface area contributed by atoms with E-state index in [0.717, 1.165) is 6.42 Å². The lowest BCUT2D eigenvalue weighted by atomic mass is 9.89. The highest BCUT2D eigenvalue weighted by Crippen LogP contribution is 2.37. The topological polar surface area (TPSA) is 34.1 Å². The standard InChI is InChI=1S/C10H14O2/c11-9-6-5-8(10(9)12)7-3-1-2-4-7/h7-8H,1-6H2. The zero-order valence-corrected chi connectivity index (χ0v) is 7.21. The molecule has 0 saturated heterocycles. The molecule has 0 aromatic carbocycles. The molecule has 12 heavy (non-hydrogen) atoms. The molecule has 0 aromatic heterocycles. The second-order valence-electron chi connectivity index (χ2n) is 3.98. The van der Waals surface area contributed by atoms with Crippen molar-refractivity contribution in [1.82, 2.24) is 0 Å². The Labute approximate surface area is 72.3 Å². The summed E-state index contributed by atoms with van der Waals surface area (Å²) in [5, 5.41) is 0. The van der Waals surface area contributed by atoms with Gasteiger partial charge in [0.05, 0.1) is 0 Å². The van der Waals surface area contributed by atoms with Crippen molar-refractivity contribution in [3.8, 4) is 0 Å². The van der Waals surface area contributed by atoms with E-state index < -0.39 is 0 Å². The minimum Gasteiger partial charge on any atom is -0.291 e. The first kappa shape index (κ1) is 7.96. The molecule has 2 fully saturated rings. The minimum atomic E-state index is -0.119. The van der Waals surface area contributed by atoms with Crippen molar-refractivity contribution in [3.63, 3.8) is 0 Å². The van der Waals surface area contributed by atoms with Crippen molar-refractivity contribution < 1.29 is 9.59 Å². The summed E-state index contributed by atoms with van der Waals surface area (Å²) in [5.74, 6) is 0.470. The molecule has 0 radical (unpaired) electrons. The number of hydrogen-bond acceptors (Lipinski definition) is 2. The third kappa shape index (κ3) is 1.19. The summed E-state index contributed by atoms with van der Waals surface area (Å²) < 4.78 is 0. The lowest BCUT2D eigenvalue weighted by Crippen LogP contribution is -2.19. The Balaban J connectivity index is 2.04. The van der Waals surface area contributed by atoms with E-state index in [1.54, 1.807) is 0 Å². The summed E-state index contributed by atoms with van der Waals surface area (Å²) in [5.41, 5.74) is 0. The molecule has 1 atom stereocenters. The number of hydrogen-bond donors (Lipinski definition) is 0. The molecule has 2 nitrogen and oxygen atoms in total. The van der Waals surface area contributed by atoms with Crippen molar-refractivity contribution >= 4 is 11.6 Å². The molecule has 0 N–H and O–H groups in total. The fourth-order valence-corrected chi connectivity index (χ4v) is 2.56. The van der Waals surface area contributed by atoms with Crippen LogP contribution in [0, 0.1) is 11.8 Å². The van der Waals surface area contributed by atoms with Crippen LogP contribution < -0.4 is 0 Å². The Hall–Kier alpha value is -0.660. The van der Waals surface area contributed by atoms with Gasteiger partial charge in [0.25, 0.3) is 0 Å². The van der Waals surface area contributed by atoms with Crippen LogP contribution in [0.1, 0.15) is 38.5 Å². The lowest BCUT2D eigenvalue weighted by Gasteiger charge is -2.14. The molecule has 0 heterocycles. The predicted molar refractivity (Wildman–Crippen MR) is 44.7 cm³/mol. The average Bonchev–Trinajstić information content (AvgIpc) is 2.64. The van der Waals surface area contributed by atoms with Crippen LogP contribution in [0.25, 0.3) is 0 Å². The van der Waals surface area contributed by atoms with Gasteiger partial charge in [0.15, 0.2) is 5.78 Å². The summed E-state index contributed by atoms with van der Waals surface area (Å²) in [6.07, 6.45) is 6.20. The third-order valence-corrected chi connectivity index (χ3v) is 3.26. The van der Waals surface area contributed by atoms with Crippen molar-refractivity contribution in [3.05, 3.63) is 0 Å². The monoisotopic (exact) mass is 166 g/mol. The van der Waals surface area contributed by atoms with E-state index in [4.69, 9.17) is 0 Å². The molecule has 0 aromatic rings. The molecular weight excluding hydrogens is 152 g/mol. The van der Waals surface area contributed by atoms with E-state index in [1.807, 2.05) is 0 Å². The molecule has 2 saturated carbocycles. The first-order valence-corrected chi connectivity index (χ1v) is 4.86. The summed E-state index contributed by atoms with van der Waals surface area (Å²) in [6.45, 7) is 0. The second kappa shape index (κ2) is 3.00. The lowest BCUT2D eigenvalue weighted by molar-refractivity contribution is -0.136. The van der Waals surface area contributed by atoms with E-state index in [0.29, 0.717) is 12.3 Å². The van der Waals surface area contributed by atoms with Gasteiger partial charge in [-0.25, -0.2) is 0 Å². The van der Waals surface area contributed by atoms with E-state index in [9.17, 15) is 9.59 Å². The van der Waals surface area contributed by atoms with Crippen molar-refractivity contribution in [2.45, 2.75) is 38.5 Å². The molecule has 2 rings (SSSR count). The molecule has 0 amide bonds. The van der Waals surface area contributed by atoms with Gasteiger partial charge in [-0.2, -0.15) is 0 Å². The van der Waals surface area contributed by atoms with E-state index >= 15 is 0 Å². The largest absolute Gasteiger partial charge is 0.291 e.